The van der Waals surface area contributed by atoms with Crippen molar-refractivity contribution in [3.8, 4) is 17.1 Å². The first-order valence-corrected chi connectivity index (χ1v) is 11.0. The highest BCUT2D eigenvalue weighted by Crippen LogP contribution is 2.36. The van der Waals surface area contributed by atoms with Crippen molar-refractivity contribution >= 4 is 5.91 Å². The van der Waals surface area contributed by atoms with Gasteiger partial charge in [-0.15, -0.1) is 0 Å². The van der Waals surface area contributed by atoms with Crippen molar-refractivity contribution < 1.29 is 14.6 Å². The van der Waals surface area contributed by atoms with Crippen LogP contribution in [0.25, 0.3) is 11.4 Å². The molecule has 166 valence electrons. The number of nitrogens with one attached hydrogen (secondary N) is 2. The maximum Gasteiger partial charge on any atom is 0.251 e. The van der Waals surface area contributed by atoms with Gasteiger partial charge in [0.1, 0.15) is 12.1 Å². The summed E-state index contributed by atoms with van der Waals surface area (Å²) >= 11 is 0. The van der Waals surface area contributed by atoms with Crippen molar-refractivity contribution in [2.45, 2.75) is 44.0 Å². The van der Waals surface area contributed by atoms with Gasteiger partial charge in [-0.3, -0.25) is 4.79 Å². The van der Waals surface area contributed by atoms with Gasteiger partial charge in [-0.25, -0.2) is 9.67 Å². The van der Waals surface area contributed by atoms with Crippen LogP contribution in [0.2, 0.25) is 0 Å². The second-order valence-electron chi connectivity index (χ2n) is 8.44. The van der Waals surface area contributed by atoms with Gasteiger partial charge >= 0.3 is 0 Å². The monoisotopic (exact) mass is 433 g/mol. The predicted octanol–water partition coefficient (Wildman–Crippen LogP) is 2.09. The number of ether oxygens (including phenoxy) is 1. The third kappa shape index (κ3) is 4.24. The fourth-order valence-corrected chi connectivity index (χ4v) is 4.17. The molecule has 2 atom stereocenters. The summed E-state index contributed by atoms with van der Waals surface area (Å²) in [7, 11) is 1.65. The summed E-state index contributed by atoms with van der Waals surface area (Å²) in [6.07, 6.45) is 3.85. The lowest BCUT2D eigenvalue weighted by atomic mass is 9.92. The Balaban J connectivity index is 1.17. The quantitative estimate of drug-likeness (QED) is 0.528. The van der Waals surface area contributed by atoms with Gasteiger partial charge in [-0.1, -0.05) is 18.2 Å². The molecule has 3 N–H and O–H groups in total. The molecule has 1 aliphatic heterocycles. The van der Waals surface area contributed by atoms with Gasteiger partial charge < -0.3 is 20.5 Å². The first kappa shape index (κ1) is 20.7. The molecule has 0 spiro atoms. The number of carbonyl (C=O) groups excluding carboxylic acids is 1. The second kappa shape index (κ2) is 8.72. The van der Waals surface area contributed by atoms with Gasteiger partial charge in [0.2, 0.25) is 0 Å². The van der Waals surface area contributed by atoms with Crippen molar-refractivity contribution in [1.82, 2.24) is 25.4 Å². The van der Waals surface area contributed by atoms with E-state index in [1.165, 1.54) is 11.1 Å². The van der Waals surface area contributed by atoms with Gasteiger partial charge in [0.25, 0.3) is 5.91 Å². The molecule has 2 aromatic carbocycles. The summed E-state index contributed by atoms with van der Waals surface area (Å²) in [5.41, 5.74) is 3.85. The molecule has 32 heavy (non-hydrogen) atoms. The Labute approximate surface area is 186 Å². The van der Waals surface area contributed by atoms with E-state index in [-0.39, 0.29) is 18.5 Å². The summed E-state index contributed by atoms with van der Waals surface area (Å²) in [6.45, 7) is 0.842. The van der Waals surface area contributed by atoms with Crippen LogP contribution in [0.3, 0.4) is 0 Å². The normalized spacial score (nSPS) is 18.6. The van der Waals surface area contributed by atoms with E-state index >= 15 is 0 Å². The zero-order chi connectivity index (χ0) is 22.1. The standard InChI is InChI=1S/C24H27N5O3/c1-32-20-9-6-17-11-21(25-12-18(17)10-20)22(30)13-26-24(31)16-4-2-15(3-5-16)23-27-14-28-29(23)19-7-8-19/h2-6,9-10,14,19,21-22,25,30H,7-8,11-13H2,1H3,(H,26,31)/t21-,22+/m0/s1. The van der Waals surface area contributed by atoms with Gasteiger partial charge in [-0.05, 0) is 54.7 Å². The highest BCUT2D eigenvalue weighted by Gasteiger charge is 2.28. The molecular weight excluding hydrogens is 406 g/mol. The fraction of sp³-hybridized carbons (Fsp3) is 0.375. The molecule has 5 rings (SSSR count). The summed E-state index contributed by atoms with van der Waals surface area (Å²) in [5.74, 6) is 1.45. The van der Waals surface area contributed by atoms with Gasteiger partial charge in [-0.2, -0.15) is 5.10 Å². The zero-order valence-corrected chi connectivity index (χ0v) is 18.0. The lowest BCUT2D eigenvalue weighted by molar-refractivity contribution is 0.0870. The number of aliphatic hydroxyl groups is 1. The molecule has 1 amide bonds. The third-order valence-electron chi connectivity index (χ3n) is 6.22. The lowest BCUT2D eigenvalue weighted by Gasteiger charge is -2.30. The van der Waals surface area contributed by atoms with E-state index in [0.29, 0.717) is 24.6 Å². The highest BCUT2D eigenvalue weighted by atomic mass is 16.5. The van der Waals surface area contributed by atoms with E-state index in [2.05, 4.69) is 20.7 Å². The number of aliphatic hydroxyl groups excluding tert-OH is 1. The Morgan fingerprint density at radius 2 is 2.06 bits per heavy atom. The maximum atomic E-state index is 12.6. The molecule has 2 aliphatic rings. The molecular formula is C24H27N5O3. The van der Waals surface area contributed by atoms with Crippen LogP contribution in [0.15, 0.2) is 48.8 Å². The van der Waals surface area contributed by atoms with E-state index in [4.69, 9.17) is 4.74 Å². The minimum absolute atomic E-state index is 0.118. The van der Waals surface area contributed by atoms with Crippen molar-refractivity contribution in [2.24, 2.45) is 0 Å². The molecule has 8 nitrogen and oxygen atoms in total. The van der Waals surface area contributed by atoms with Crippen LogP contribution in [0.4, 0.5) is 0 Å². The van der Waals surface area contributed by atoms with Crippen LogP contribution < -0.4 is 15.4 Å². The highest BCUT2D eigenvalue weighted by molar-refractivity contribution is 5.94. The maximum absolute atomic E-state index is 12.6. The first-order chi connectivity index (χ1) is 15.6. The average Bonchev–Trinajstić information content (AvgIpc) is 3.57. The Bertz CT molecular complexity index is 1110. The van der Waals surface area contributed by atoms with Gasteiger partial charge in [0.15, 0.2) is 5.82 Å². The van der Waals surface area contributed by atoms with Crippen molar-refractivity contribution in [1.29, 1.82) is 0 Å². The largest absolute Gasteiger partial charge is 0.497 e. The number of benzene rings is 2. The lowest BCUT2D eigenvalue weighted by Crippen LogP contribution is -2.49. The molecule has 1 aromatic heterocycles. The average molecular weight is 434 g/mol. The molecule has 0 saturated heterocycles. The molecule has 3 aromatic rings. The van der Waals surface area contributed by atoms with Crippen molar-refractivity contribution in [3.63, 3.8) is 0 Å². The van der Waals surface area contributed by atoms with Crippen LogP contribution in [0, 0.1) is 0 Å². The van der Waals surface area contributed by atoms with Crippen LogP contribution >= 0.6 is 0 Å². The van der Waals surface area contributed by atoms with Gasteiger partial charge in [0, 0.05) is 30.3 Å². The van der Waals surface area contributed by atoms with E-state index in [1.54, 1.807) is 25.6 Å². The minimum Gasteiger partial charge on any atom is -0.497 e. The number of methoxy groups -OCH3 is 1. The second-order valence-corrected chi connectivity index (χ2v) is 8.44. The number of fused-ring (bicyclic) bond motifs is 1. The summed E-state index contributed by atoms with van der Waals surface area (Å²) in [4.78, 5) is 17.0. The Hall–Kier alpha value is -3.23. The van der Waals surface area contributed by atoms with Crippen LogP contribution in [0.1, 0.15) is 40.4 Å². The number of carbonyl (C=O) groups is 1. The fourth-order valence-electron chi connectivity index (χ4n) is 4.17. The van der Waals surface area contributed by atoms with Gasteiger partial charge in [0.05, 0.1) is 19.3 Å². The molecule has 2 heterocycles. The number of hydrogen-bond acceptors (Lipinski definition) is 6. The SMILES string of the molecule is COc1ccc2c(c1)CN[C@H]([C@H](O)CNC(=O)c1ccc(-c3ncnn3C3CC3)cc1)C2. The summed E-state index contributed by atoms with van der Waals surface area (Å²) in [5, 5.41) is 21.2. The topological polar surface area (TPSA) is 101 Å². The van der Waals surface area contributed by atoms with E-state index < -0.39 is 6.10 Å². The molecule has 0 unspecified atom stereocenters. The van der Waals surface area contributed by atoms with Crippen molar-refractivity contribution in [2.75, 3.05) is 13.7 Å². The third-order valence-corrected chi connectivity index (χ3v) is 6.22. The number of aromatic nitrogens is 3. The smallest absolute Gasteiger partial charge is 0.251 e. The van der Waals surface area contributed by atoms with E-state index in [1.807, 2.05) is 35.0 Å². The zero-order valence-electron chi connectivity index (χ0n) is 18.0. The number of amides is 1. The van der Waals surface area contributed by atoms with Crippen LogP contribution in [-0.2, 0) is 13.0 Å². The molecule has 1 fully saturated rings. The van der Waals surface area contributed by atoms with Crippen molar-refractivity contribution in [3.05, 3.63) is 65.5 Å². The molecule has 0 bridgehead atoms. The van der Waals surface area contributed by atoms with Crippen LogP contribution in [0.5, 0.6) is 5.75 Å². The van der Waals surface area contributed by atoms with E-state index in [0.717, 1.165) is 30.0 Å². The number of nitrogens with zero attached hydrogens (tertiary/aromatic N) is 3. The molecule has 8 heteroatoms. The Morgan fingerprint density at radius 1 is 1.25 bits per heavy atom. The summed E-state index contributed by atoms with van der Waals surface area (Å²) in [6, 6.07) is 13.7. The molecule has 0 radical (unpaired) electrons. The summed E-state index contributed by atoms with van der Waals surface area (Å²) < 4.78 is 7.23. The Morgan fingerprint density at radius 3 is 2.81 bits per heavy atom. The number of rotatable bonds is 7. The number of hydrogen-bond donors (Lipinski definition) is 3. The van der Waals surface area contributed by atoms with Crippen LogP contribution in [-0.4, -0.2) is 51.6 Å². The molecule has 1 aliphatic carbocycles. The Kier molecular flexibility index (Phi) is 5.63. The molecule has 1 saturated carbocycles. The predicted molar refractivity (Wildman–Crippen MR) is 119 cm³/mol. The minimum atomic E-state index is -0.689. The van der Waals surface area contributed by atoms with E-state index in [9.17, 15) is 9.90 Å². The first-order valence-electron chi connectivity index (χ1n) is 11.0.